The molecule has 1 atom stereocenters. The Kier molecular flexibility index (Phi) is 2.97. The van der Waals surface area contributed by atoms with E-state index < -0.39 is 0 Å². The van der Waals surface area contributed by atoms with E-state index in [0.29, 0.717) is 0 Å². The first-order chi connectivity index (χ1) is 7.25. The Balaban J connectivity index is 2.23. The van der Waals surface area contributed by atoms with Gasteiger partial charge >= 0.3 is 0 Å². The van der Waals surface area contributed by atoms with Crippen LogP contribution in [-0.4, -0.2) is 16.2 Å². The second-order valence-corrected chi connectivity index (χ2v) is 3.88. The Bertz CT molecular complexity index is 451. The van der Waals surface area contributed by atoms with Gasteiger partial charge < -0.3 is 5.11 Å². The molecule has 2 nitrogen and oxygen atoms in total. The fraction of sp³-hybridized carbons (Fsp3) is 0.308. The van der Waals surface area contributed by atoms with Gasteiger partial charge in [-0.05, 0) is 31.9 Å². The van der Waals surface area contributed by atoms with Crippen molar-refractivity contribution >= 4 is 10.9 Å². The summed E-state index contributed by atoms with van der Waals surface area (Å²) >= 11 is 0. The molecule has 1 heterocycles. The van der Waals surface area contributed by atoms with Crippen molar-refractivity contribution in [1.82, 2.24) is 4.98 Å². The molecule has 0 unspecified atom stereocenters. The van der Waals surface area contributed by atoms with Gasteiger partial charge in [0.25, 0.3) is 0 Å². The zero-order chi connectivity index (χ0) is 10.7. The van der Waals surface area contributed by atoms with Crippen molar-refractivity contribution in [2.45, 2.75) is 25.9 Å². The molecule has 0 aliphatic carbocycles. The van der Waals surface area contributed by atoms with Gasteiger partial charge in [-0.1, -0.05) is 24.3 Å². The SMILES string of the molecule is C[C@H](O)CCc1ccc2ccccc2n1. The number of aliphatic hydroxyl groups excluding tert-OH is 1. The molecule has 1 aromatic heterocycles. The molecule has 0 amide bonds. The highest BCUT2D eigenvalue weighted by atomic mass is 16.3. The molecule has 1 N–H and O–H groups in total. The van der Waals surface area contributed by atoms with E-state index in [9.17, 15) is 5.11 Å². The molecule has 0 aliphatic heterocycles. The number of aliphatic hydroxyl groups is 1. The lowest BCUT2D eigenvalue weighted by molar-refractivity contribution is 0.184. The number of para-hydroxylation sites is 1. The molecule has 0 spiro atoms. The zero-order valence-electron chi connectivity index (χ0n) is 8.85. The molecular weight excluding hydrogens is 186 g/mol. The Morgan fingerprint density at radius 2 is 2.00 bits per heavy atom. The number of hydrogen-bond acceptors (Lipinski definition) is 2. The number of rotatable bonds is 3. The quantitative estimate of drug-likeness (QED) is 0.827. The predicted octanol–water partition coefficient (Wildman–Crippen LogP) is 2.55. The molecule has 0 saturated carbocycles. The van der Waals surface area contributed by atoms with Gasteiger partial charge in [0, 0.05) is 11.1 Å². The zero-order valence-corrected chi connectivity index (χ0v) is 8.85. The maximum atomic E-state index is 9.20. The van der Waals surface area contributed by atoms with Crippen molar-refractivity contribution in [3.8, 4) is 0 Å². The summed E-state index contributed by atoms with van der Waals surface area (Å²) in [6.45, 7) is 1.81. The van der Waals surface area contributed by atoms with Crippen molar-refractivity contribution < 1.29 is 5.11 Å². The molecular formula is C13H15NO. The number of aryl methyl sites for hydroxylation is 1. The van der Waals surface area contributed by atoms with Crippen molar-refractivity contribution in [3.05, 3.63) is 42.1 Å². The number of benzene rings is 1. The van der Waals surface area contributed by atoms with Crippen LogP contribution in [0, 0.1) is 0 Å². The van der Waals surface area contributed by atoms with E-state index in [1.54, 1.807) is 6.92 Å². The largest absolute Gasteiger partial charge is 0.393 e. The number of nitrogens with zero attached hydrogens (tertiary/aromatic N) is 1. The standard InChI is InChI=1S/C13H15NO/c1-10(15)6-8-12-9-7-11-4-2-3-5-13(11)14-12/h2-5,7,9-10,15H,6,8H2,1H3/t10-/m0/s1. The minimum absolute atomic E-state index is 0.252. The van der Waals surface area contributed by atoms with Crippen LogP contribution in [0.15, 0.2) is 36.4 Å². The van der Waals surface area contributed by atoms with Gasteiger partial charge in [-0.3, -0.25) is 4.98 Å². The third kappa shape index (κ3) is 2.54. The first kappa shape index (κ1) is 10.1. The summed E-state index contributed by atoms with van der Waals surface area (Å²) in [5.74, 6) is 0. The molecule has 15 heavy (non-hydrogen) atoms. The molecule has 2 rings (SSSR count). The van der Waals surface area contributed by atoms with E-state index in [4.69, 9.17) is 0 Å². The highest BCUT2D eigenvalue weighted by Crippen LogP contribution is 2.13. The third-order valence-electron chi connectivity index (χ3n) is 2.47. The van der Waals surface area contributed by atoms with Crippen LogP contribution >= 0.6 is 0 Å². The second-order valence-electron chi connectivity index (χ2n) is 3.88. The van der Waals surface area contributed by atoms with E-state index in [2.05, 4.69) is 17.1 Å². The van der Waals surface area contributed by atoms with Crippen LogP contribution in [0.5, 0.6) is 0 Å². The Hall–Kier alpha value is -1.41. The molecule has 78 valence electrons. The summed E-state index contributed by atoms with van der Waals surface area (Å²) in [5.41, 5.74) is 2.08. The summed E-state index contributed by atoms with van der Waals surface area (Å²) < 4.78 is 0. The van der Waals surface area contributed by atoms with E-state index in [0.717, 1.165) is 24.1 Å². The molecule has 2 heteroatoms. The van der Waals surface area contributed by atoms with E-state index in [1.165, 1.54) is 5.39 Å². The average Bonchev–Trinajstić information content (AvgIpc) is 2.26. The number of pyridine rings is 1. The van der Waals surface area contributed by atoms with Crippen LogP contribution in [0.1, 0.15) is 19.0 Å². The smallest absolute Gasteiger partial charge is 0.0705 e. The Labute approximate surface area is 89.6 Å². The van der Waals surface area contributed by atoms with Crippen LogP contribution < -0.4 is 0 Å². The molecule has 0 bridgehead atoms. The predicted molar refractivity (Wildman–Crippen MR) is 61.7 cm³/mol. The Morgan fingerprint density at radius 1 is 1.20 bits per heavy atom. The minimum atomic E-state index is -0.252. The normalized spacial score (nSPS) is 12.9. The first-order valence-corrected chi connectivity index (χ1v) is 5.28. The number of hydrogen-bond donors (Lipinski definition) is 1. The summed E-state index contributed by atoms with van der Waals surface area (Å²) in [6.07, 6.45) is 1.35. The highest BCUT2D eigenvalue weighted by molar-refractivity contribution is 5.78. The van der Waals surface area contributed by atoms with Crippen molar-refractivity contribution in [2.24, 2.45) is 0 Å². The van der Waals surface area contributed by atoms with Gasteiger partial charge in [0.05, 0.1) is 11.6 Å². The molecule has 0 saturated heterocycles. The van der Waals surface area contributed by atoms with Gasteiger partial charge in [0.1, 0.15) is 0 Å². The van der Waals surface area contributed by atoms with Crippen LogP contribution in [-0.2, 0) is 6.42 Å². The van der Waals surface area contributed by atoms with Crippen molar-refractivity contribution in [3.63, 3.8) is 0 Å². The third-order valence-corrected chi connectivity index (χ3v) is 2.47. The van der Waals surface area contributed by atoms with Gasteiger partial charge in [-0.15, -0.1) is 0 Å². The Morgan fingerprint density at radius 3 is 2.80 bits per heavy atom. The second kappa shape index (κ2) is 4.41. The van der Waals surface area contributed by atoms with Crippen LogP contribution in [0.4, 0.5) is 0 Å². The lowest BCUT2D eigenvalue weighted by Gasteiger charge is -2.04. The lowest BCUT2D eigenvalue weighted by atomic mass is 10.1. The fourth-order valence-corrected chi connectivity index (χ4v) is 1.60. The van der Waals surface area contributed by atoms with E-state index in [-0.39, 0.29) is 6.10 Å². The number of aromatic nitrogens is 1. The summed E-state index contributed by atoms with van der Waals surface area (Å²) in [4.78, 5) is 4.54. The molecule has 0 aliphatic rings. The van der Waals surface area contributed by atoms with Gasteiger partial charge in [-0.2, -0.15) is 0 Å². The number of fused-ring (bicyclic) bond motifs is 1. The van der Waals surface area contributed by atoms with Crippen LogP contribution in [0.3, 0.4) is 0 Å². The maximum Gasteiger partial charge on any atom is 0.0705 e. The van der Waals surface area contributed by atoms with Gasteiger partial charge in [-0.25, -0.2) is 0 Å². The first-order valence-electron chi connectivity index (χ1n) is 5.28. The molecule has 0 radical (unpaired) electrons. The van der Waals surface area contributed by atoms with E-state index >= 15 is 0 Å². The monoisotopic (exact) mass is 201 g/mol. The topological polar surface area (TPSA) is 33.1 Å². The summed E-state index contributed by atoms with van der Waals surface area (Å²) in [6, 6.07) is 12.2. The lowest BCUT2D eigenvalue weighted by Crippen LogP contribution is -2.02. The minimum Gasteiger partial charge on any atom is -0.393 e. The van der Waals surface area contributed by atoms with E-state index in [1.807, 2.05) is 24.3 Å². The molecule has 2 aromatic rings. The molecule has 0 fully saturated rings. The van der Waals surface area contributed by atoms with Crippen molar-refractivity contribution in [2.75, 3.05) is 0 Å². The van der Waals surface area contributed by atoms with Gasteiger partial charge in [0.15, 0.2) is 0 Å². The molecule has 1 aromatic carbocycles. The highest BCUT2D eigenvalue weighted by Gasteiger charge is 2.00. The summed E-state index contributed by atoms with van der Waals surface area (Å²) in [5, 5.41) is 10.4. The summed E-state index contributed by atoms with van der Waals surface area (Å²) in [7, 11) is 0. The fourth-order valence-electron chi connectivity index (χ4n) is 1.60. The maximum absolute atomic E-state index is 9.20. The van der Waals surface area contributed by atoms with Crippen LogP contribution in [0.2, 0.25) is 0 Å². The average molecular weight is 201 g/mol. The van der Waals surface area contributed by atoms with Crippen molar-refractivity contribution in [1.29, 1.82) is 0 Å². The van der Waals surface area contributed by atoms with Crippen LogP contribution in [0.25, 0.3) is 10.9 Å². The van der Waals surface area contributed by atoms with Gasteiger partial charge in [0.2, 0.25) is 0 Å².